The molecule has 0 aliphatic carbocycles. The minimum absolute atomic E-state index is 0.171. The van der Waals surface area contributed by atoms with Gasteiger partial charge in [-0.2, -0.15) is 11.8 Å². The summed E-state index contributed by atoms with van der Waals surface area (Å²) in [7, 11) is 0. The van der Waals surface area contributed by atoms with E-state index in [0.29, 0.717) is 18.6 Å². The number of carboxylic acids is 1. The van der Waals surface area contributed by atoms with Gasteiger partial charge in [0.2, 0.25) is 29.5 Å². The maximum absolute atomic E-state index is 13.0. The lowest BCUT2D eigenvalue weighted by atomic mass is 10.1. The first-order valence-corrected chi connectivity index (χ1v) is 11.8. The molecule has 33 heavy (non-hydrogen) atoms. The fourth-order valence-corrected chi connectivity index (χ4v) is 3.86. The number of carbonyl (C=O) groups is 6. The topological polar surface area (TPSA) is 228 Å². The van der Waals surface area contributed by atoms with Crippen LogP contribution in [0.3, 0.4) is 0 Å². The van der Waals surface area contributed by atoms with E-state index in [2.05, 4.69) is 10.6 Å². The molecule has 0 bridgehead atoms. The maximum atomic E-state index is 13.0. The zero-order valence-corrected chi connectivity index (χ0v) is 19.3. The quantitative estimate of drug-likeness (QED) is 0.149. The lowest BCUT2D eigenvalue weighted by Gasteiger charge is -2.28. The molecule has 0 radical (unpaired) electrons. The van der Waals surface area contributed by atoms with E-state index in [1.54, 1.807) is 0 Å². The third-order valence-electron chi connectivity index (χ3n) is 5.12. The van der Waals surface area contributed by atoms with Gasteiger partial charge in [0, 0.05) is 13.0 Å². The Kier molecular flexibility index (Phi) is 11.6. The smallest absolute Gasteiger partial charge is 0.326 e. The SMILES string of the molecule is CSCCC(N)C(=O)NC(CC(N)=O)C(=O)NC(CCC(N)=O)C(=O)N1CCCC1C(=O)O. The zero-order chi connectivity index (χ0) is 25.1. The number of nitrogens with one attached hydrogen (secondary N) is 2. The Morgan fingerprint density at radius 2 is 1.67 bits per heavy atom. The Balaban J connectivity index is 3.00. The van der Waals surface area contributed by atoms with Gasteiger partial charge in [0.15, 0.2) is 0 Å². The molecule has 1 fully saturated rings. The molecule has 0 spiro atoms. The van der Waals surface area contributed by atoms with E-state index in [1.165, 1.54) is 11.8 Å². The van der Waals surface area contributed by atoms with E-state index in [9.17, 15) is 33.9 Å². The molecule has 9 N–H and O–H groups in total. The number of aliphatic carboxylic acids is 1. The van der Waals surface area contributed by atoms with Crippen LogP contribution in [0.4, 0.5) is 0 Å². The van der Waals surface area contributed by atoms with Crippen molar-refractivity contribution in [3.05, 3.63) is 0 Å². The monoisotopic (exact) mass is 488 g/mol. The number of nitrogens with two attached hydrogens (primary N) is 3. The van der Waals surface area contributed by atoms with Crippen molar-refractivity contribution in [1.82, 2.24) is 15.5 Å². The average Bonchev–Trinajstić information content (AvgIpc) is 3.23. The summed E-state index contributed by atoms with van der Waals surface area (Å²) < 4.78 is 0. The first kappa shape index (κ1) is 28.2. The Morgan fingerprint density at radius 3 is 2.21 bits per heavy atom. The van der Waals surface area contributed by atoms with Crippen LogP contribution in [0.15, 0.2) is 0 Å². The van der Waals surface area contributed by atoms with E-state index in [4.69, 9.17) is 17.2 Å². The predicted octanol–water partition coefficient (Wildman–Crippen LogP) is -2.75. The van der Waals surface area contributed by atoms with Crippen molar-refractivity contribution in [2.75, 3.05) is 18.6 Å². The number of hydrogen-bond donors (Lipinski definition) is 6. The van der Waals surface area contributed by atoms with Crippen LogP contribution in [0.25, 0.3) is 0 Å². The van der Waals surface area contributed by atoms with Crippen LogP contribution in [-0.4, -0.2) is 88.2 Å². The van der Waals surface area contributed by atoms with Crippen LogP contribution in [0.5, 0.6) is 0 Å². The molecule has 0 aromatic rings. The third-order valence-corrected chi connectivity index (χ3v) is 5.77. The largest absolute Gasteiger partial charge is 0.480 e. The van der Waals surface area contributed by atoms with E-state index in [-0.39, 0.29) is 25.8 Å². The summed E-state index contributed by atoms with van der Waals surface area (Å²) in [6, 6.07) is -4.68. The lowest BCUT2D eigenvalue weighted by Crippen LogP contribution is -2.57. The summed E-state index contributed by atoms with van der Waals surface area (Å²) in [4.78, 5) is 73.5. The number of carbonyl (C=O) groups excluding carboxylic acids is 5. The van der Waals surface area contributed by atoms with E-state index >= 15 is 0 Å². The predicted molar refractivity (Wildman–Crippen MR) is 119 cm³/mol. The molecule has 1 heterocycles. The van der Waals surface area contributed by atoms with Gasteiger partial charge >= 0.3 is 5.97 Å². The zero-order valence-electron chi connectivity index (χ0n) is 18.5. The van der Waals surface area contributed by atoms with Crippen LogP contribution < -0.4 is 27.8 Å². The van der Waals surface area contributed by atoms with Gasteiger partial charge in [-0.25, -0.2) is 4.79 Å². The highest BCUT2D eigenvalue weighted by molar-refractivity contribution is 7.98. The molecule has 0 saturated carbocycles. The standard InChI is InChI=1S/C19H32N6O7S/c1-33-8-6-10(20)16(28)24-12(9-15(22)27)17(29)23-11(4-5-14(21)26)18(30)25-7-2-3-13(25)19(31)32/h10-13H,2-9,20H2,1H3,(H2,21,26)(H2,22,27)(H,23,29)(H,24,28)(H,31,32). The summed E-state index contributed by atoms with van der Waals surface area (Å²) in [6.45, 7) is 0.171. The summed E-state index contributed by atoms with van der Waals surface area (Å²) in [5.74, 6) is -4.44. The average molecular weight is 489 g/mol. The summed E-state index contributed by atoms with van der Waals surface area (Å²) in [6.07, 6.45) is 1.90. The second-order valence-electron chi connectivity index (χ2n) is 7.71. The van der Waals surface area contributed by atoms with Crippen LogP contribution in [0.1, 0.15) is 38.5 Å². The number of amides is 5. The van der Waals surface area contributed by atoms with Gasteiger partial charge in [-0.1, -0.05) is 0 Å². The van der Waals surface area contributed by atoms with Crippen LogP contribution in [0, 0.1) is 0 Å². The Hall–Kier alpha value is -2.87. The number of nitrogens with zero attached hydrogens (tertiary/aromatic N) is 1. The molecule has 5 amide bonds. The van der Waals surface area contributed by atoms with E-state index in [0.717, 1.165) is 4.90 Å². The molecule has 1 rings (SSSR count). The van der Waals surface area contributed by atoms with Crippen molar-refractivity contribution < 1.29 is 33.9 Å². The van der Waals surface area contributed by atoms with Gasteiger partial charge in [-0.15, -0.1) is 0 Å². The second-order valence-corrected chi connectivity index (χ2v) is 8.70. The molecular weight excluding hydrogens is 456 g/mol. The number of thioether (sulfide) groups is 1. The number of hydrogen-bond acceptors (Lipinski definition) is 8. The summed E-state index contributed by atoms with van der Waals surface area (Å²) >= 11 is 1.48. The molecule has 13 nitrogen and oxygen atoms in total. The highest BCUT2D eigenvalue weighted by Crippen LogP contribution is 2.19. The van der Waals surface area contributed by atoms with Crippen molar-refractivity contribution in [1.29, 1.82) is 0 Å². The van der Waals surface area contributed by atoms with Gasteiger partial charge in [0.1, 0.15) is 18.1 Å². The first-order valence-electron chi connectivity index (χ1n) is 10.4. The maximum Gasteiger partial charge on any atom is 0.326 e. The van der Waals surface area contributed by atoms with Gasteiger partial charge in [0.25, 0.3) is 0 Å². The van der Waals surface area contributed by atoms with Crippen molar-refractivity contribution >= 4 is 47.3 Å². The molecule has 0 aromatic heterocycles. The van der Waals surface area contributed by atoms with Gasteiger partial charge < -0.3 is 37.8 Å². The summed E-state index contributed by atoms with van der Waals surface area (Å²) in [5.41, 5.74) is 16.2. The molecule has 1 aliphatic rings. The minimum Gasteiger partial charge on any atom is -0.480 e. The molecular formula is C19H32N6O7S. The highest BCUT2D eigenvalue weighted by Gasteiger charge is 2.38. The van der Waals surface area contributed by atoms with Gasteiger partial charge in [-0.3, -0.25) is 24.0 Å². The van der Waals surface area contributed by atoms with Crippen molar-refractivity contribution in [3.63, 3.8) is 0 Å². The first-order chi connectivity index (χ1) is 15.5. The number of carboxylic acid groups (broad SMARTS) is 1. The van der Waals surface area contributed by atoms with Crippen LogP contribution >= 0.6 is 11.8 Å². The van der Waals surface area contributed by atoms with Crippen molar-refractivity contribution in [2.24, 2.45) is 17.2 Å². The van der Waals surface area contributed by atoms with Crippen LogP contribution in [-0.2, 0) is 28.8 Å². The number of likely N-dealkylation sites (tertiary alicyclic amines) is 1. The van der Waals surface area contributed by atoms with E-state index < -0.39 is 66.1 Å². The Labute approximate surface area is 195 Å². The molecule has 1 aliphatic heterocycles. The van der Waals surface area contributed by atoms with Crippen molar-refractivity contribution in [2.45, 2.75) is 62.7 Å². The third kappa shape index (κ3) is 9.26. The van der Waals surface area contributed by atoms with Crippen LogP contribution in [0.2, 0.25) is 0 Å². The molecule has 186 valence electrons. The molecule has 0 aromatic carbocycles. The molecule has 14 heteroatoms. The normalized spacial score (nSPS) is 18.1. The minimum atomic E-state index is -1.41. The van der Waals surface area contributed by atoms with Gasteiger partial charge in [-0.05, 0) is 37.7 Å². The number of primary amides is 2. The Morgan fingerprint density at radius 1 is 1.03 bits per heavy atom. The fraction of sp³-hybridized carbons (Fsp3) is 0.684. The van der Waals surface area contributed by atoms with E-state index in [1.807, 2.05) is 6.26 Å². The highest BCUT2D eigenvalue weighted by atomic mass is 32.2. The summed E-state index contributed by atoms with van der Waals surface area (Å²) in [5, 5.41) is 14.1. The van der Waals surface area contributed by atoms with Crippen molar-refractivity contribution in [3.8, 4) is 0 Å². The van der Waals surface area contributed by atoms with Gasteiger partial charge in [0.05, 0.1) is 12.5 Å². The molecule has 1 saturated heterocycles. The fourth-order valence-electron chi connectivity index (χ4n) is 3.37. The Bertz CT molecular complexity index is 765. The lowest BCUT2D eigenvalue weighted by molar-refractivity contribution is -0.149. The molecule has 4 atom stereocenters. The second kappa shape index (κ2) is 13.6. The molecule has 4 unspecified atom stereocenters. The number of rotatable bonds is 14.